The van der Waals surface area contributed by atoms with Crippen molar-refractivity contribution in [3.8, 4) is 0 Å². The molecule has 29 heavy (non-hydrogen) atoms. The molecule has 10 nitrogen and oxygen atoms in total. The minimum atomic E-state index is -4.20. The van der Waals surface area contributed by atoms with Crippen molar-refractivity contribution >= 4 is 27.3 Å². The quantitative estimate of drug-likeness (QED) is 0.460. The average molecular weight is 424 g/mol. The lowest BCUT2D eigenvalue weighted by Crippen LogP contribution is -2.49. The van der Waals surface area contributed by atoms with E-state index in [0.29, 0.717) is 17.5 Å². The number of rotatable bonds is 4. The van der Waals surface area contributed by atoms with Crippen molar-refractivity contribution in [2.45, 2.75) is 4.90 Å². The summed E-state index contributed by atoms with van der Waals surface area (Å²) in [4.78, 5) is 15.4. The number of benzene rings is 1. The number of nitrogens with zero attached hydrogens (tertiary/aromatic N) is 6. The number of anilines is 1. The van der Waals surface area contributed by atoms with Gasteiger partial charge in [-0.15, -0.1) is 0 Å². The van der Waals surface area contributed by atoms with Crippen molar-refractivity contribution in [2.24, 2.45) is 0 Å². The summed E-state index contributed by atoms with van der Waals surface area (Å²) in [5.41, 5.74) is 0.309. The summed E-state index contributed by atoms with van der Waals surface area (Å²) in [5, 5.41) is 15.3. The summed E-state index contributed by atoms with van der Waals surface area (Å²) >= 11 is 0. The van der Waals surface area contributed by atoms with Crippen LogP contribution in [0.1, 0.15) is 0 Å². The zero-order valence-corrected chi connectivity index (χ0v) is 15.6. The first-order valence-corrected chi connectivity index (χ1v) is 9.91. The highest BCUT2D eigenvalue weighted by atomic mass is 32.2. The summed E-state index contributed by atoms with van der Waals surface area (Å²) < 4.78 is 54.8. The second-order valence-electron chi connectivity index (χ2n) is 6.30. The van der Waals surface area contributed by atoms with Gasteiger partial charge in [0.2, 0.25) is 15.7 Å². The lowest BCUT2D eigenvalue weighted by Gasteiger charge is -2.34. The van der Waals surface area contributed by atoms with Gasteiger partial charge in [0.05, 0.1) is 0 Å². The summed E-state index contributed by atoms with van der Waals surface area (Å²) in [6, 6.07) is 5.48. The molecule has 13 heteroatoms. The fourth-order valence-electron chi connectivity index (χ4n) is 3.12. The molecule has 3 aromatic rings. The van der Waals surface area contributed by atoms with Crippen LogP contribution < -0.4 is 4.90 Å². The topological polar surface area (TPSA) is 114 Å². The molecular formula is C16H14F2N6O4S. The monoisotopic (exact) mass is 424 g/mol. The molecular weight excluding hydrogens is 410 g/mol. The molecule has 152 valence electrons. The van der Waals surface area contributed by atoms with Crippen LogP contribution in [0.25, 0.3) is 5.65 Å². The van der Waals surface area contributed by atoms with Crippen molar-refractivity contribution in [2.75, 3.05) is 31.1 Å². The van der Waals surface area contributed by atoms with Gasteiger partial charge in [-0.25, -0.2) is 22.2 Å². The fourth-order valence-corrected chi connectivity index (χ4v) is 4.61. The Morgan fingerprint density at radius 3 is 2.48 bits per heavy atom. The Bertz CT molecular complexity index is 1210. The molecule has 1 aliphatic heterocycles. The van der Waals surface area contributed by atoms with Gasteiger partial charge < -0.3 is 15.0 Å². The second-order valence-corrected chi connectivity index (χ2v) is 8.21. The number of hydrogen-bond donors (Lipinski definition) is 0. The predicted molar refractivity (Wildman–Crippen MR) is 97.0 cm³/mol. The first-order chi connectivity index (χ1) is 13.8. The van der Waals surface area contributed by atoms with Crippen LogP contribution in [0.4, 0.5) is 20.4 Å². The number of fused-ring (bicyclic) bond motifs is 1. The van der Waals surface area contributed by atoms with Gasteiger partial charge in [0.1, 0.15) is 22.7 Å². The van der Waals surface area contributed by atoms with Crippen molar-refractivity contribution in [1.29, 1.82) is 0 Å². The molecule has 0 bridgehead atoms. The van der Waals surface area contributed by atoms with Crippen LogP contribution in [0.5, 0.6) is 0 Å². The summed E-state index contributed by atoms with van der Waals surface area (Å²) in [6.45, 7) is 0.475. The van der Waals surface area contributed by atoms with E-state index in [1.807, 2.05) is 0 Å². The van der Waals surface area contributed by atoms with Crippen LogP contribution in [0.15, 0.2) is 41.4 Å². The number of aromatic nitrogens is 3. The number of sulfonamides is 1. The van der Waals surface area contributed by atoms with Crippen molar-refractivity contribution in [1.82, 2.24) is 18.9 Å². The highest BCUT2D eigenvalue weighted by Crippen LogP contribution is 2.23. The fraction of sp³-hybridized carbons (Fsp3) is 0.250. The number of piperazine rings is 1. The van der Waals surface area contributed by atoms with Crippen LogP contribution in [-0.2, 0) is 10.0 Å². The van der Waals surface area contributed by atoms with Crippen LogP contribution in [-0.4, -0.2) is 58.4 Å². The predicted octanol–water partition coefficient (Wildman–Crippen LogP) is 1.43. The third-order valence-corrected chi connectivity index (χ3v) is 6.50. The van der Waals surface area contributed by atoms with Gasteiger partial charge in [-0.1, -0.05) is 9.61 Å². The molecule has 1 aliphatic rings. The van der Waals surface area contributed by atoms with Crippen LogP contribution in [0, 0.1) is 21.7 Å². The van der Waals surface area contributed by atoms with E-state index in [0.717, 1.165) is 27.2 Å². The third kappa shape index (κ3) is 3.38. The van der Waals surface area contributed by atoms with Crippen LogP contribution in [0.2, 0.25) is 0 Å². The van der Waals surface area contributed by atoms with Gasteiger partial charge in [-0.2, -0.15) is 4.31 Å². The maximum atomic E-state index is 13.9. The molecule has 4 rings (SSSR count). The first kappa shape index (κ1) is 19.1. The Balaban J connectivity index is 1.55. The summed E-state index contributed by atoms with van der Waals surface area (Å²) in [6.07, 6.45) is 1.10. The number of imidazole rings is 1. The summed E-state index contributed by atoms with van der Waals surface area (Å²) in [5.74, 6) is -1.74. The molecule has 1 aromatic carbocycles. The minimum absolute atomic E-state index is 0.0179. The van der Waals surface area contributed by atoms with Crippen LogP contribution in [0.3, 0.4) is 0 Å². The molecule has 1 fully saturated rings. The first-order valence-electron chi connectivity index (χ1n) is 8.47. The van der Waals surface area contributed by atoms with Gasteiger partial charge in [0.15, 0.2) is 5.82 Å². The normalized spacial score (nSPS) is 15.7. The average Bonchev–Trinajstić information content (AvgIpc) is 3.13. The highest BCUT2D eigenvalue weighted by molar-refractivity contribution is 7.89. The Morgan fingerprint density at radius 1 is 1.07 bits per heavy atom. The summed E-state index contributed by atoms with van der Waals surface area (Å²) in [7, 11) is -4.20. The zero-order chi connectivity index (χ0) is 20.8. The van der Waals surface area contributed by atoms with E-state index < -0.39 is 31.5 Å². The minimum Gasteiger partial charge on any atom is -0.358 e. The van der Waals surface area contributed by atoms with Crippen molar-refractivity contribution in [3.63, 3.8) is 0 Å². The Morgan fingerprint density at radius 2 is 1.79 bits per heavy atom. The standard InChI is InChI=1S/C16H14F2N6O4S/c17-11-1-2-12(18)13(9-11)29(27,28)22-7-5-21(6-8-22)15-4-3-14-19-10-16(24(25)26)23(14)20-15/h1-4,9-10H,5-8H2. The van der Waals surface area contributed by atoms with Crippen molar-refractivity contribution in [3.05, 3.63) is 58.3 Å². The SMILES string of the molecule is O=[N+]([O-])c1cnc2ccc(N3CCN(S(=O)(=O)c4cc(F)ccc4F)CC3)nn12. The van der Waals surface area contributed by atoms with E-state index in [-0.39, 0.29) is 32.0 Å². The number of hydrogen-bond acceptors (Lipinski definition) is 7. The lowest BCUT2D eigenvalue weighted by atomic mass is 10.3. The molecule has 0 N–H and O–H groups in total. The molecule has 1 saturated heterocycles. The number of halogens is 2. The highest BCUT2D eigenvalue weighted by Gasteiger charge is 2.32. The van der Waals surface area contributed by atoms with Gasteiger partial charge in [-0.05, 0) is 29.2 Å². The molecule has 0 spiro atoms. The van der Waals surface area contributed by atoms with E-state index in [4.69, 9.17) is 0 Å². The Hall–Kier alpha value is -3.19. The maximum absolute atomic E-state index is 13.9. The van der Waals surface area contributed by atoms with Gasteiger partial charge in [0.25, 0.3) is 0 Å². The van der Waals surface area contributed by atoms with Gasteiger partial charge >= 0.3 is 5.82 Å². The van der Waals surface area contributed by atoms with Gasteiger partial charge in [-0.3, -0.25) is 0 Å². The van der Waals surface area contributed by atoms with E-state index in [2.05, 4.69) is 10.1 Å². The third-order valence-electron chi connectivity index (χ3n) is 4.59. The molecule has 0 saturated carbocycles. The van der Waals surface area contributed by atoms with Crippen LogP contribution >= 0.6 is 0 Å². The largest absolute Gasteiger partial charge is 0.368 e. The van der Waals surface area contributed by atoms with E-state index in [9.17, 15) is 27.3 Å². The molecule has 0 atom stereocenters. The van der Waals surface area contributed by atoms with Crippen molar-refractivity contribution < 1.29 is 22.1 Å². The van der Waals surface area contributed by atoms with E-state index in [1.165, 1.54) is 0 Å². The van der Waals surface area contributed by atoms with E-state index in [1.54, 1.807) is 17.0 Å². The lowest BCUT2D eigenvalue weighted by molar-refractivity contribution is -0.391. The molecule has 0 unspecified atom stereocenters. The Labute approximate surface area is 163 Å². The molecule has 0 radical (unpaired) electrons. The molecule has 0 amide bonds. The molecule has 0 aliphatic carbocycles. The van der Waals surface area contributed by atoms with Gasteiger partial charge in [0, 0.05) is 32.2 Å². The Kier molecular flexibility index (Phi) is 4.62. The smallest absolute Gasteiger partial charge is 0.358 e. The molecule has 3 heterocycles. The second kappa shape index (κ2) is 7.00. The zero-order valence-electron chi connectivity index (χ0n) is 14.8. The number of nitro groups is 1. The van der Waals surface area contributed by atoms with E-state index >= 15 is 0 Å². The molecule has 2 aromatic heterocycles. The maximum Gasteiger partial charge on any atom is 0.368 e.